The lowest BCUT2D eigenvalue weighted by molar-refractivity contribution is -0.115. The van der Waals surface area contributed by atoms with Crippen LogP contribution in [0.15, 0.2) is 12.3 Å². The Labute approximate surface area is 159 Å². The third-order valence-electron chi connectivity index (χ3n) is 4.98. The molecule has 0 radical (unpaired) electrons. The molecular weight excluding hydrogens is 342 g/mol. The van der Waals surface area contributed by atoms with Crippen LogP contribution in [0.2, 0.25) is 18.1 Å². The Morgan fingerprint density at radius 3 is 2.58 bits per heavy atom. The minimum absolute atomic E-state index is 0.152. The highest BCUT2D eigenvalue weighted by Crippen LogP contribution is 2.36. The normalized spacial score (nSPS) is 12.1. The Morgan fingerprint density at radius 1 is 1.38 bits per heavy atom. The topological polar surface area (TPSA) is 75.0 Å². The summed E-state index contributed by atoms with van der Waals surface area (Å²) in [4.78, 5) is 16.4. The molecule has 0 aliphatic heterocycles. The molecule has 1 aromatic rings. The van der Waals surface area contributed by atoms with E-state index >= 15 is 0 Å². The maximum Gasteiger partial charge on any atom is 0.238 e. The molecule has 0 aliphatic carbocycles. The number of hydrogen-bond acceptors (Lipinski definition) is 4. The second-order valence-electron chi connectivity index (χ2n) is 8.48. The summed E-state index contributed by atoms with van der Waals surface area (Å²) < 4.78 is 6.25. The van der Waals surface area contributed by atoms with Gasteiger partial charge in [0.2, 0.25) is 5.91 Å². The Hall–Kier alpha value is -1.71. The molecule has 0 spiro atoms. The third kappa shape index (κ3) is 6.22. The number of carbonyl (C=O) groups is 1. The highest BCUT2D eigenvalue weighted by atomic mass is 28.4. The van der Waals surface area contributed by atoms with Crippen LogP contribution in [0.4, 0.5) is 5.69 Å². The highest BCUT2D eigenvalue weighted by molar-refractivity contribution is 6.74. The SMILES string of the molecule is CC(C)c1nccc(CCCO[Si](C)(C)C(C)(C)C)c1NC(=O)CC#N. The highest BCUT2D eigenvalue weighted by Gasteiger charge is 2.36. The van der Waals surface area contributed by atoms with E-state index in [2.05, 4.69) is 44.2 Å². The van der Waals surface area contributed by atoms with Gasteiger partial charge in [-0.2, -0.15) is 5.26 Å². The van der Waals surface area contributed by atoms with Gasteiger partial charge in [0.05, 0.1) is 17.5 Å². The summed E-state index contributed by atoms with van der Waals surface area (Å²) in [5.74, 6) is -0.100. The molecule has 0 unspecified atom stereocenters. The molecule has 26 heavy (non-hydrogen) atoms. The van der Waals surface area contributed by atoms with Gasteiger partial charge in [0, 0.05) is 12.8 Å². The van der Waals surface area contributed by atoms with Crippen LogP contribution in [0.3, 0.4) is 0 Å². The average molecular weight is 376 g/mol. The van der Waals surface area contributed by atoms with E-state index in [1.54, 1.807) is 6.20 Å². The summed E-state index contributed by atoms with van der Waals surface area (Å²) in [5.41, 5.74) is 2.67. The molecule has 0 saturated carbocycles. The number of aryl methyl sites for hydroxylation is 1. The van der Waals surface area contributed by atoms with Gasteiger partial charge in [-0.15, -0.1) is 0 Å². The maximum absolute atomic E-state index is 11.9. The smallest absolute Gasteiger partial charge is 0.238 e. The molecule has 0 atom stereocenters. The van der Waals surface area contributed by atoms with Crippen molar-refractivity contribution in [2.45, 2.75) is 77.9 Å². The van der Waals surface area contributed by atoms with Crippen molar-refractivity contribution in [2.75, 3.05) is 11.9 Å². The van der Waals surface area contributed by atoms with Crippen LogP contribution in [0.1, 0.15) is 64.6 Å². The summed E-state index contributed by atoms with van der Waals surface area (Å²) in [6.45, 7) is 16.0. The molecule has 144 valence electrons. The van der Waals surface area contributed by atoms with E-state index in [1.807, 2.05) is 26.0 Å². The van der Waals surface area contributed by atoms with Crippen molar-refractivity contribution in [3.8, 4) is 6.07 Å². The zero-order valence-electron chi connectivity index (χ0n) is 17.3. The Kier molecular flexibility index (Phi) is 7.98. The fourth-order valence-electron chi connectivity index (χ4n) is 2.37. The van der Waals surface area contributed by atoms with Crippen molar-refractivity contribution < 1.29 is 9.22 Å². The fourth-order valence-corrected chi connectivity index (χ4v) is 3.46. The molecule has 1 amide bonds. The van der Waals surface area contributed by atoms with Gasteiger partial charge in [0.1, 0.15) is 6.42 Å². The molecule has 0 fully saturated rings. The molecule has 0 saturated heterocycles. The number of aromatic nitrogens is 1. The lowest BCUT2D eigenvalue weighted by Crippen LogP contribution is -2.41. The van der Waals surface area contributed by atoms with Crippen molar-refractivity contribution in [2.24, 2.45) is 0 Å². The van der Waals surface area contributed by atoms with Gasteiger partial charge in [0.25, 0.3) is 0 Å². The van der Waals surface area contributed by atoms with Crippen LogP contribution in [0, 0.1) is 11.3 Å². The minimum atomic E-state index is -1.74. The first-order chi connectivity index (χ1) is 12.0. The number of pyridine rings is 1. The number of carbonyl (C=O) groups excluding carboxylic acids is 1. The van der Waals surface area contributed by atoms with Gasteiger partial charge in [-0.1, -0.05) is 34.6 Å². The molecule has 0 bridgehead atoms. The van der Waals surface area contributed by atoms with Gasteiger partial charge in [-0.25, -0.2) is 0 Å². The van der Waals surface area contributed by atoms with Crippen LogP contribution in [-0.2, 0) is 15.6 Å². The summed E-state index contributed by atoms with van der Waals surface area (Å²) in [5, 5.41) is 11.8. The Balaban J connectivity index is 2.84. The average Bonchev–Trinajstić information content (AvgIpc) is 2.51. The monoisotopic (exact) mass is 375 g/mol. The first-order valence-electron chi connectivity index (χ1n) is 9.28. The van der Waals surface area contributed by atoms with E-state index < -0.39 is 8.32 Å². The fraction of sp³-hybridized carbons (Fsp3) is 0.650. The van der Waals surface area contributed by atoms with Crippen molar-refractivity contribution in [1.82, 2.24) is 4.98 Å². The first-order valence-corrected chi connectivity index (χ1v) is 12.2. The zero-order valence-corrected chi connectivity index (χ0v) is 18.3. The Bertz CT molecular complexity index is 658. The number of nitrogens with zero attached hydrogens (tertiary/aromatic N) is 2. The lowest BCUT2D eigenvalue weighted by Gasteiger charge is -2.36. The van der Waals surface area contributed by atoms with Crippen LogP contribution < -0.4 is 5.32 Å². The molecule has 1 heterocycles. The maximum atomic E-state index is 11.9. The lowest BCUT2D eigenvalue weighted by atomic mass is 10.0. The molecule has 1 rings (SSSR count). The third-order valence-corrected chi connectivity index (χ3v) is 9.52. The summed E-state index contributed by atoms with van der Waals surface area (Å²) in [7, 11) is -1.74. The van der Waals surface area contributed by atoms with Crippen molar-refractivity contribution in [1.29, 1.82) is 5.26 Å². The van der Waals surface area contributed by atoms with Crippen molar-refractivity contribution in [3.63, 3.8) is 0 Å². The standard InChI is InChI=1S/C20H33N3O2Si/c1-15(2)18-19(23-17(24)10-12-21)16(11-13-22-18)9-8-14-25-26(6,7)20(3,4)5/h11,13,15H,8-10,14H2,1-7H3,(H,23,24). The molecule has 6 heteroatoms. The van der Waals surface area contributed by atoms with Crippen LogP contribution in [0.25, 0.3) is 0 Å². The van der Waals surface area contributed by atoms with E-state index in [4.69, 9.17) is 9.69 Å². The number of amides is 1. The quantitative estimate of drug-likeness (QED) is 0.512. The second-order valence-corrected chi connectivity index (χ2v) is 13.3. The predicted molar refractivity (Wildman–Crippen MR) is 109 cm³/mol. The van der Waals surface area contributed by atoms with Gasteiger partial charge >= 0.3 is 0 Å². The minimum Gasteiger partial charge on any atom is -0.417 e. The molecule has 0 aromatic carbocycles. The molecular formula is C20H33N3O2Si. The number of anilines is 1. The van der Waals surface area contributed by atoms with Crippen molar-refractivity contribution >= 4 is 19.9 Å². The van der Waals surface area contributed by atoms with Gasteiger partial charge in [-0.05, 0) is 48.5 Å². The van der Waals surface area contributed by atoms with Gasteiger partial charge in [0.15, 0.2) is 8.32 Å². The molecule has 5 nitrogen and oxygen atoms in total. The predicted octanol–water partition coefficient (Wildman–Crippen LogP) is 5.01. The number of rotatable bonds is 8. The summed E-state index contributed by atoms with van der Waals surface area (Å²) in [6.07, 6.45) is 3.33. The second kappa shape index (κ2) is 9.29. The van der Waals surface area contributed by atoms with E-state index in [9.17, 15) is 4.79 Å². The van der Waals surface area contributed by atoms with Crippen LogP contribution in [0.5, 0.6) is 0 Å². The summed E-state index contributed by atoms with van der Waals surface area (Å²) >= 11 is 0. The zero-order chi connectivity index (χ0) is 20.0. The molecule has 1 N–H and O–H groups in total. The summed E-state index contributed by atoms with van der Waals surface area (Å²) in [6, 6.07) is 3.84. The van der Waals surface area contributed by atoms with Crippen molar-refractivity contribution in [3.05, 3.63) is 23.5 Å². The van der Waals surface area contributed by atoms with E-state index in [-0.39, 0.29) is 23.3 Å². The first kappa shape index (κ1) is 22.3. The van der Waals surface area contributed by atoms with E-state index in [0.717, 1.165) is 29.8 Å². The molecule has 1 aromatic heterocycles. The number of hydrogen-bond donors (Lipinski definition) is 1. The van der Waals surface area contributed by atoms with Gasteiger partial charge < -0.3 is 9.74 Å². The van der Waals surface area contributed by atoms with E-state index in [0.29, 0.717) is 6.61 Å². The number of nitriles is 1. The van der Waals surface area contributed by atoms with E-state index in [1.165, 1.54) is 0 Å². The Morgan fingerprint density at radius 2 is 2.04 bits per heavy atom. The number of nitrogens with one attached hydrogen (secondary N) is 1. The van der Waals surface area contributed by atoms with Crippen LogP contribution >= 0.6 is 0 Å². The molecule has 0 aliphatic rings. The van der Waals surface area contributed by atoms with Crippen LogP contribution in [-0.4, -0.2) is 25.8 Å². The largest absolute Gasteiger partial charge is 0.417 e. The van der Waals surface area contributed by atoms with Gasteiger partial charge in [-0.3, -0.25) is 9.78 Å².